The van der Waals surface area contributed by atoms with Crippen molar-refractivity contribution in [2.75, 3.05) is 0 Å². The van der Waals surface area contributed by atoms with Crippen molar-refractivity contribution in [3.05, 3.63) is 181 Å². The molecule has 10 aromatic rings. The van der Waals surface area contributed by atoms with E-state index >= 15 is 0 Å². The third-order valence-electron chi connectivity index (χ3n) is 11.3. The first kappa shape index (κ1) is 29.9. The third-order valence-corrected chi connectivity index (χ3v) is 11.3. The second kappa shape index (κ2) is 11.1. The molecule has 3 aromatic heterocycles. The Morgan fingerprint density at radius 3 is 1.66 bits per heavy atom. The topological polar surface area (TPSA) is 35.6 Å². The summed E-state index contributed by atoms with van der Waals surface area (Å²) < 4.78 is 4.87. The summed E-state index contributed by atoms with van der Waals surface area (Å²) in [4.78, 5) is 10.8. The molecule has 0 atom stereocenters. The van der Waals surface area contributed by atoms with Crippen LogP contribution in [0.5, 0.6) is 0 Å². The summed E-state index contributed by atoms with van der Waals surface area (Å²) in [6, 6.07) is 60.9. The van der Waals surface area contributed by atoms with Gasteiger partial charge in [-0.25, -0.2) is 9.97 Å². The molecule has 0 unspecified atom stereocenters. The van der Waals surface area contributed by atoms with Gasteiger partial charge in [-0.05, 0) is 42.0 Å². The molecule has 0 spiro atoms. The van der Waals surface area contributed by atoms with Crippen LogP contribution in [0.15, 0.2) is 170 Å². The number of hydrogen-bond donors (Lipinski definition) is 0. The normalized spacial score (nSPS) is 13.2. The Hall–Kier alpha value is -6.78. The van der Waals surface area contributed by atoms with E-state index in [-0.39, 0.29) is 5.41 Å². The Kier molecular flexibility index (Phi) is 6.27. The number of fused-ring (bicyclic) bond motifs is 10. The maximum Gasteiger partial charge on any atom is 0.160 e. The maximum absolute atomic E-state index is 5.42. The van der Waals surface area contributed by atoms with Gasteiger partial charge in [-0.1, -0.05) is 147 Å². The van der Waals surface area contributed by atoms with Gasteiger partial charge in [0, 0.05) is 60.6 Å². The fourth-order valence-corrected chi connectivity index (χ4v) is 8.95. The van der Waals surface area contributed by atoms with Crippen molar-refractivity contribution in [1.82, 2.24) is 19.1 Å². The van der Waals surface area contributed by atoms with Gasteiger partial charge in [-0.3, -0.25) is 0 Å². The van der Waals surface area contributed by atoms with Gasteiger partial charge in [-0.15, -0.1) is 0 Å². The fraction of sp³-hybridized carbons (Fsp3) is 0.0612. The van der Waals surface area contributed by atoms with Crippen LogP contribution in [-0.2, 0) is 5.41 Å². The average Bonchev–Trinajstić information content (AvgIpc) is 3.82. The Morgan fingerprint density at radius 1 is 0.434 bits per heavy atom. The zero-order valence-electron chi connectivity index (χ0n) is 29.5. The molecule has 1 aliphatic rings. The van der Waals surface area contributed by atoms with Crippen molar-refractivity contribution >= 4 is 43.6 Å². The highest BCUT2D eigenvalue weighted by molar-refractivity contribution is 6.23. The van der Waals surface area contributed by atoms with E-state index < -0.39 is 0 Å². The van der Waals surface area contributed by atoms with Gasteiger partial charge in [0.1, 0.15) is 0 Å². The van der Waals surface area contributed by atoms with E-state index in [4.69, 9.17) is 9.97 Å². The molecular formula is C49H34N4. The van der Waals surface area contributed by atoms with Crippen molar-refractivity contribution < 1.29 is 0 Å². The first-order chi connectivity index (χ1) is 26.1. The van der Waals surface area contributed by atoms with Crippen LogP contribution >= 0.6 is 0 Å². The minimum Gasteiger partial charge on any atom is -0.307 e. The zero-order chi connectivity index (χ0) is 35.3. The van der Waals surface area contributed by atoms with Gasteiger partial charge in [0.25, 0.3) is 0 Å². The van der Waals surface area contributed by atoms with Crippen LogP contribution in [0.1, 0.15) is 25.0 Å². The molecule has 0 radical (unpaired) electrons. The Labute approximate surface area is 307 Å². The molecule has 0 N–H and O–H groups in total. The molecule has 53 heavy (non-hydrogen) atoms. The fourth-order valence-electron chi connectivity index (χ4n) is 8.95. The van der Waals surface area contributed by atoms with E-state index in [0.717, 1.165) is 45.2 Å². The average molecular weight is 679 g/mol. The van der Waals surface area contributed by atoms with Crippen molar-refractivity contribution in [1.29, 1.82) is 0 Å². The van der Waals surface area contributed by atoms with E-state index in [0.29, 0.717) is 0 Å². The molecule has 0 aliphatic heterocycles. The predicted molar refractivity (Wildman–Crippen MR) is 219 cm³/mol. The van der Waals surface area contributed by atoms with Crippen LogP contribution < -0.4 is 0 Å². The summed E-state index contributed by atoms with van der Waals surface area (Å²) in [5.74, 6) is 0.723. The Balaban J connectivity index is 1.21. The van der Waals surface area contributed by atoms with Gasteiger partial charge >= 0.3 is 0 Å². The molecule has 1 aliphatic carbocycles. The highest BCUT2D eigenvalue weighted by Gasteiger charge is 2.40. The molecule has 0 saturated carbocycles. The molecule has 250 valence electrons. The number of para-hydroxylation sites is 3. The van der Waals surface area contributed by atoms with Gasteiger partial charge in [0.05, 0.1) is 33.5 Å². The van der Waals surface area contributed by atoms with Crippen LogP contribution in [0, 0.1) is 0 Å². The van der Waals surface area contributed by atoms with E-state index in [1.807, 2.05) is 0 Å². The van der Waals surface area contributed by atoms with Crippen LogP contribution in [-0.4, -0.2) is 19.1 Å². The van der Waals surface area contributed by atoms with Crippen molar-refractivity contribution in [3.63, 3.8) is 0 Å². The van der Waals surface area contributed by atoms with E-state index in [9.17, 15) is 0 Å². The first-order valence-corrected chi connectivity index (χ1v) is 18.3. The minimum absolute atomic E-state index is 0.233. The number of nitrogens with zero attached hydrogens (tertiary/aromatic N) is 4. The molecule has 3 heterocycles. The smallest absolute Gasteiger partial charge is 0.160 e. The third kappa shape index (κ3) is 4.24. The molecule has 0 fully saturated rings. The monoisotopic (exact) mass is 678 g/mol. The lowest BCUT2D eigenvalue weighted by Gasteiger charge is -2.23. The van der Waals surface area contributed by atoms with Gasteiger partial charge in [-0.2, -0.15) is 0 Å². The second-order valence-electron chi connectivity index (χ2n) is 14.6. The lowest BCUT2D eigenvalue weighted by Crippen LogP contribution is -2.17. The van der Waals surface area contributed by atoms with E-state index in [1.54, 1.807) is 0 Å². The number of aromatic nitrogens is 4. The molecule has 11 rings (SSSR count). The van der Waals surface area contributed by atoms with Gasteiger partial charge in [0.2, 0.25) is 0 Å². The standard InChI is InChI=1S/C49H34N4/c1-49(2)40-25-12-9-24-39(40)45-43(49)44(31-16-5-3-6-17-31)50-48(51-45)32-18-15-21-34(30-32)53-42-27-14-11-23-36(42)38-29-28-37-35-22-10-13-26-41(35)52(46(37)47(38)53)33-19-7-4-8-20-33/h3-30H,1-2H3. The molecule has 0 bridgehead atoms. The zero-order valence-corrected chi connectivity index (χ0v) is 29.5. The van der Waals surface area contributed by atoms with Crippen molar-refractivity contribution in [2.24, 2.45) is 0 Å². The molecule has 0 saturated heterocycles. The molecule has 4 heteroatoms. The summed E-state index contributed by atoms with van der Waals surface area (Å²) in [6.45, 7) is 4.59. The first-order valence-electron chi connectivity index (χ1n) is 18.3. The summed E-state index contributed by atoms with van der Waals surface area (Å²) in [7, 11) is 0. The predicted octanol–water partition coefficient (Wildman–Crippen LogP) is 12.3. The van der Waals surface area contributed by atoms with Crippen molar-refractivity contribution in [2.45, 2.75) is 19.3 Å². The number of hydrogen-bond acceptors (Lipinski definition) is 2. The highest BCUT2D eigenvalue weighted by Crippen LogP contribution is 2.51. The van der Waals surface area contributed by atoms with Crippen LogP contribution in [0.2, 0.25) is 0 Å². The highest BCUT2D eigenvalue weighted by atomic mass is 15.0. The lowest BCUT2D eigenvalue weighted by atomic mass is 9.81. The second-order valence-corrected chi connectivity index (χ2v) is 14.6. The number of rotatable bonds is 4. The minimum atomic E-state index is -0.233. The molecule has 4 nitrogen and oxygen atoms in total. The van der Waals surface area contributed by atoms with E-state index in [2.05, 4.69) is 193 Å². The Morgan fingerprint density at radius 2 is 0.962 bits per heavy atom. The lowest BCUT2D eigenvalue weighted by molar-refractivity contribution is 0.658. The molecule has 0 amide bonds. The summed E-state index contributed by atoms with van der Waals surface area (Å²) >= 11 is 0. The van der Waals surface area contributed by atoms with Crippen LogP contribution in [0.4, 0.5) is 0 Å². The molecular weight excluding hydrogens is 645 g/mol. The summed E-state index contributed by atoms with van der Waals surface area (Å²) in [5.41, 5.74) is 14.4. The Bertz CT molecular complexity index is 3080. The molecule has 7 aromatic carbocycles. The van der Waals surface area contributed by atoms with Crippen molar-refractivity contribution in [3.8, 4) is 45.3 Å². The van der Waals surface area contributed by atoms with Gasteiger partial charge < -0.3 is 9.13 Å². The number of benzene rings is 7. The maximum atomic E-state index is 5.42. The summed E-state index contributed by atoms with van der Waals surface area (Å²) in [6.07, 6.45) is 0. The summed E-state index contributed by atoms with van der Waals surface area (Å²) in [5, 5.41) is 4.91. The SMILES string of the molecule is CC1(C)c2ccccc2-c2nc(-c3cccc(-n4c5ccccc5c5ccc6c7ccccc7n(-c7ccccc7)c6c54)c3)nc(-c3ccccc3)c21. The van der Waals surface area contributed by atoms with Gasteiger partial charge in [0.15, 0.2) is 5.82 Å². The van der Waals surface area contributed by atoms with Crippen LogP contribution in [0.3, 0.4) is 0 Å². The van der Waals surface area contributed by atoms with Crippen LogP contribution in [0.25, 0.3) is 88.9 Å². The van der Waals surface area contributed by atoms with E-state index in [1.165, 1.54) is 54.8 Å². The quantitative estimate of drug-likeness (QED) is 0.186. The largest absolute Gasteiger partial charge is 0.307 e.